The monoisotopic (exact) mass is 369 g/mol. The van der Waals surface area contributed by atoms with E-state index in [2.05, 4.69) is 20.4 Å². The third kappa shape index (κ3) is 2.83. The lowest BCUT2D eigenvalue weighted by Gasteiger charge is -2.05. The highest BCUT2D eigenvalue weighted by Gasteiger charge is 2.19. The molecule has 0 saturated heterocycles. The molecular formula is C17H15N5OS2. The van der Waals surface area contributed by atoms with E-state index in [4.69, 9.17) is 0 Å². The minimum atomic E-state index is -0.196. The standard InChI is InChI=1S/C17H15N5OS2/c1-9-7-11(14-10(2)21-22(3)15(14)18-9)16(23)20-17-19-12(8-25-17)13-5-4-6-24-13/h4-8H,1-3H3,(H,19,20,23). The molecule has 0 aliphatic heterocycles. The topological polar surface area (TPSA) is 72.7 Å². The molecule has 1 N–H and O–H groups in total. The van der Waals surface area contributed by atoms with Gasteiger partial charge < -0.3 is 0 Å². The molecule has 0 radical (unpaired) electrons. The van der Waals surface area contributed by atoms with Crippen molar-refractivity contribution in [3.63, 3.8) is 0 Å². The molecule has 0 fully saturated rings. The van der Waals surface area contributed by atoms with Crippen LogP contribution in [0.3, 0.4) is 0 Å². The van der Waals surface area contributed by atoms with Crippen LogP contribution in [0.2, 0.25) is 0 Å². The van der Waals surface area contributed by atoms with E-state index < -0.39 is 0 Å². The molecule has 0 atom stereocenters. The first-order valence-corrected chi connectivity index (χ1v) is 9.40. The Kier molecular flexibility index (Phi) is 3.85. The third-order valence-electron chi connectivity index (χ3n) is 3.84. The maximum Gasteiger partial charge on any atom is 0.258 e. The van der Waals surface area contributed by atoms with E-state index in [9.17, 15) is 4.79 Å². The minimum absolute atomic E-state index is 0.196. The number of rotatable bonds is 3. The molecule has 0 spiro atoms. The SMILES string of the molecule is Cc1cc(C(=O)Nc2nc(-c3cccs3)cs2)c2c(C)nn(C)c2n1. The molecule has 4 rings (SSSR count). The number of amides is 1. The predicted molar refractivity (Wildman–Crippen MR) is 101 cm³/mol. The largest absolute Gasteiger partial charge is 0.298 e. The van der Waals surface area contributed by atoms with Gasteiger partial charge in [-0.1, -0.05) is 6.07 Å². The summed E-state index contributed by atoms with van der Waals surface area (Å²) in [6.07, 6.45) is 0. The van der Waals surface area contributed by atoms with Crippen LogP contribution in [0.1, 0.15) is 21.7 Å². The van der Waals surface area contributed by atoms with Gasteiger partial charge in [-0.05, 0) is 31.4 Å². The summed E-state index contributed by atoms with van der Waals surface area (Å²) in [5.74, 6) is -0.196. The highest BCUT2D eigenvalue weighted by molar-refractivity contribution is 7.16. The fraction of sp³-hybridized carbons (Fsp3) is 0.176. The molecular weight excluding hydrogens is 354 g/mol. The molecule has 6 nitrogen and oxygen atoms in total. The number of aromatic nitrogens is 4. The van der Waals surface area contributed by atoms with Crippen molar-refractivity contribution in [2.24, 2.45) is 7.05 Å². The van der Waals surface area contributed by atoms with Gasteiger partial charge in [-0.25, -0.2) is 9.97 Å². The van der Waals surface area contributed by atoms with Crippen molar-refractivity contribution in [3.05, 3.63) is 45.9 Å². The Morgan fingerprint density at radius 2 is 2.08 bits per heavy atom. The van der Waals surface area contributed by atoms with Crippen molar-refractivity contribution < 1.29 is 4.79 Å². The van der Waals surface area contributed by atoms with Crippen LogP contribution >= 0.6 is 22.7 Å². The first-order valence-electron chi connectivity index (χ1n) is 7.64. The molecule has 0 unspecified atom stereocenters. The summed E-state index contributed by atoms with van der Waals surface area (Å²) in [5, 5.41) is 12.6. The Balaban J connectivity index is 1.69. The molecule has 4 aromatic heterocycles. The van der Waals surface area contributed by atoms with Crippen molar-refractivity contribution in [1.29, 1.82) is 0 Å². The second-order valence-electron chi connectivity index (χ2n) is 5.69. The van der Waals surface area contributed by atoms with E-state index in [1.165, 1.54) is 11.3 Å². The van der Waals surface area contributed by atoms with Crippen LogP contribution in [-0.4, -0.2) is 25.7 Å². The van der Waals surface area contributed by atoms with E-state index >= 15 is 0 Å². The number of nitrogens with one attached hydrogen (secondary N) is 1. The van der Waals surface area contributed by atoms with E-state index in [0.29, 0.717) is 16.3 Å². The molecule has 0 bridgehead atoms. The van der Waals surface area contributed by atoms with Crippen LogP contribution in [-0.2, 0) is 7.05 Å². The Morgan fingerprint density at radius 1 is 1.24 bits per heavy atom. The van der Waals surface area contributed by atoms with Gasteiger partial charge in [0.2, 0.25) is 0 Å². The number of pyridine rings is 1. The van der Waals surface area contributed by atoms with Gasteiger partial charge in [0.25, 0.3) is 5.91 Å². The molecule has 25 heavy (non-hydrogen) atoms. The fourth-order valence-electron chi connectivity index (χ4n) is 2.78. The first kappa shape index (κ1) is 15.9. The summed E-state index contributed by atoms with van der Waals surface area (Å²) in [4.78, 5) is 22.9. The summed E-state index contributed by atoms with van der Waals surface area (Å²) in [5.41, 5.74) is 3.72. The zero-order valence-electron chi connectivity index (χ0n) is 13.9. The van der Waals surface area contributed by atoms with Crippen molar-refractivity contribution in [1.82, 2.24) is 19.7 Å². The van der Waals surface area contributed by atoms with E-state index in [1.807, 2.05) is 43.8 Å². The summed E-state index contributed by atoms with van der Waals surface area (Å²) < 4.78 is 1.70. The number of thiazole rings is 1. The van der Waals surface area contributed by atoms with Gasteiger partial charge in [-0.3, -0.25) is 14.8 Å². The summed E-state index contributed by atoms with van der Waals surface area (Å²) >= 11 is 3.04. The average Bonchev–Trinajstić information content (AvgIpc) is 3.28. The number of carbonyl (C=O) groups excluding carboxylic acids is 1. The lowest BCUT2D eigenvalue weighted by Crippen LogP contribution is -2.13. The number of carbonyl (C=O) groups is 1. The van der Waals surface area contributed by atoms with Crippen molar-refractivity contribution in [3.8, 4) is 10.6 Å². The van der Waals surface area contributed by atoms with E-state index in [-0.39, 0.29) is 5.91 Å². The second kappa shape index (κ2) is 6.05. The Morgan fingerprint density at radius 3 is 2.84 bits per heavy atom. The van der Waals surface area contributed by atoms with Gasteiger partial charge in [0, 0.05) is 18.1 Å². The molecule has 0 saturated carbocycles. The first-order chi connectivity index (χ1) is 12.0. The predicted octanol–water partition coefficient (Wildman–Crippen LogP) is 4.02. The summed E-state index contributed by atoms with van der Waals surface area (Å²) in [6.45, 7) is 3.76. The summed E-state index contributed by atoms with van der Waals surface area (Å²) in [7, 11) is 1.83. The molecule has 8 heteroatoms. The average molecular weight is 369 g/mol. The Labute approximate surface area is 152 Å². The maximum atomic E-state index is 12.8. The van der Waals surface area contributed by atoms with E-state index in [0.717, 1.165) is 27.3 Å². The number of anilines is 1. The molecule has 0 aliphatic rings. The highest BCUT2D eigenvalue weighted by Crippen LogP contribution is 2.29. The van der Waals surface area contributed by atoms with Gasteiger partial charge in [0.1, 0.15) is 0 Å². The number of thiophene rings is 1. The molecule has 0 aliphatic carbocycles. The molecule has 4 aromatic rings. The normalized spacial score (nSPS) is 11.2. The minimum Gasteiger partial charge on any atom is -0.298 e. The maximum absolute atomic E-state index is 12.8. The Bertz CT molecular complexity index is 1080. The van der Waals surface area contributed by atoms with Crippen LogP contribution in [0.25, 0.3) is 21.6 Å². The zero-order chi connectivity index (χ0) is 17.6. The molecule has 0 aromatic carbocycles. The quantitative estimate of drug-likeness (QED) is 0.592. The van der Waals surface area contributed by atoms with Crippen LogP contribution < -0.4 is 5.32 Å². The number of hydrogen-bond donors (Lipinski definition) is 1. The second-order valence-corrected chi connectivity index (χ2v) is 7.49. The van der Waals surface area contributed by atoms with Crippen LogP contribution in [0, 0.1) is 13.8 Å². The van der Waals surface area contributed by atoms with Crippen molar-refractivity contribution in [2.45, 2.75) is 13.8 Å². The molecule has 1 amide bonds. The third-order valence-corrected chi connectivity index (χ3v) is 5.49. The Hall–Kier alpha value is -2.58. The van der Waals surface area contributed by atoms with Crippen LogP contribution in [0.15, 0.2) is 29.0 Å². The number of nitrogens with zero attached hydrogens (tertiary/aromatic N) is 4. The zero-order valence-corrected chi connectivity index (χ0v) is 15.5. The van der Waals surface area contributed by atoms with Gasteiger partial charge >= 0.3 is 0 Å². The molecule has 4 heterocycles. The smallest absolute Gasteiger partial charge is 0.258 e. The number of fused-ring (bicyclic) bond motifs is 1. The lowest BCUT2D eigenvalue weighted by atomic mass is 10.1. The fourth-order valence-corrected chi connectivity index (χ4v) is 4.25. The van der Waals surface area contributed by atoms with Crippen LogP contribution in [0.5, 0.6) is 0 Å². The van der Waals surface area contributed by atoms with Gasteiger partial charge in [0.15, 0.2) is 10.8 Å². The van der Waals surface area contributed by atoms with Gasteiger partial charge in [-0.2, -0.15) is 5.10 Å². The highest BCUT2D eigenvalue weighted by atomic mass is 32.1. The van der Waals surface area contributed by atoms with Crippen molar-refractivity contribution >= 4 is 44.7 Å². The van der Waals surface area contributed by atoms with Crippen molar-refractivity contribution in [2.75, 3.05) is 5.32 Å². The van der Waals surface area contributed by atoms with Gasteiger partial charge in [-0.15, -0.1) is 22.7 Å². The molecule has 126 valence electrons. The number of aryl methyl sites for hydroxylation is 3. The van der Waals surface area contributed by atoms with E-state index in [1.54, 1.807) is 22.1 Å². The lowest BCUT2D eigenvalue weighted by molar-refractivity contribution is 0.102. The van der Waals surface area contributed by atoms with Gasteiger partial charge in [0.05, 0.1) is 27.2 Å². The summed E-state index contributed by atoms with van der Waals surface area (Å²) in [6, 6.07) is 5.79. The van der Waals surface area contributed by atoms with Crippen LogP contribution in [0.4, 0.5) is 5.13 Å². The number of hydrogen-bond acceptors (Lipinski definition) is 6.